The minimum absolute atomic E-state index is 0.250. The van der Waals surface area contributed by atoms with Crippen molar-refractivity contribution in [2.75, 3.05) is 24.3 Å². The molecule has 1 aromatic rings. The van der Waals surface area contributed by atoms with E-state index in [4.69, 9.17) is 4.74 Å². The summed E-state index contributed by atoms with van der Waals surface area (Å²) in [5.74, 6) is -0.155. The number of anilines is 2. The van der Waals surface area contributed by atoms with Crippen molar-refractivity contribution in [2.45, 2.75) is 51.5 Å². The Morgan fingerprint density at radius 1 is 1.23 bits per heavy atom. The SMILES string of the molecule is CCC1CCC2(CC1)NC(=O)N(CC(=O)Nc1cc(NC(C)=O)ccc1OC)C2=O. The van der Waals surface area contributed by atoms with E-state index in [-0.39, 0.29) is 11.8 Å². The summed E-state index contributed by atoms with van der Waals surface area (Å²) < 4.78 is 5.24. The molecule has 9 heteroatoms. The Hall–Kier alpha value is -3.10. The van der Waals surface area contributed by atoms with Crippen LogP contribution in [0.15, 0.2) is 18.2 Å². The zero-order valence-electron chi connectivity index (χ0n) is 17.5. The van der Waals surface area contributed by atoms with E-state index in [1.54, 1.807) is 18.2 Å². The quantitative estimate of drug-likeness (QED) is 0.616. The molecule has 30 heavy (non-hydrogen) atoms. The zero-order chi connectivity index (χ0) is 21.9. The summed E-state index contributed by atoms with van der Waals surface area (Å²) in [7, 11) is 1.46. The zero-order valence-corrected chi connectivity index (χ0v) is 17.5. The van der Waals surface area contributed by atoms with Gasteiger partial charge in [-0.2, -0.15) is 0 Å². The first kappa shape index (κ1) is 21.6. The number of ether oxygens (including phenoxy) is 1. The smallest absolute Gasteiger partial charge is 0.325 e. The molecule has 0 aromatic heterocycles. The van der Waals surface area contributed by atoms with E-state index in [9.17, 15) is 19.2 Å². The highest BCUT2D eigenvalue weighted by Crippen LogP contribution is 2.37. The molecule has 0 atom stereocenters. The summed E-state index contributed by atoms with van der Waals surface area (Å²) in [5.41, 5.74) is -0.0642. The lowest BCUT2D eigenvalue weighted by Gasteiger charge is -2.34. The Balaban J connectivity index is 1.68. The number of benzene rings is 1. The number of carbonyl (C=O) groups is 4. The normalized spacial score (nSPS) is 23.3. The molecule has 1 saturated heterocycles. The van der Waals surface area contributed by atoms with Crippen LogP contribution in [0.2, 0.25) is 0 Å². The van der Waals surface area contributed by atoms with Crippen LogP contribution in [0.4, 0.5) is 16.2 Å². The van der Waals surface area contributed by atoms with Crippen molar-refractivity contribution >= 4 is 35.1 Å². The van der Waals surface area contributed by atoms with Crippen LogP contribution in [0.1, 0.15) is 46.0 Å². The number of nitrogens with zero attached hydrogens (tertiary/aromatic N) is 1. The summed E-state index contributed by atoms with van der Waals surface area (Å²) in [4.78, 5) is 50.3. The molecule has 0 bridgehead atoms. The first-order valence-electron chi connectivity index (χ1n) is 10.2. The van der Waals surface area contributed by atoms with Crippen molar-refractivity contribution in [2.24, 2.45) is 5.92 Å². The van der Waals surface area contributed by atoms with E-state index in [0.29, 0.717) is 35.9 Å². The Morgan fingerprint density at radius 2 is 1.93 bits per heavy atom. The van der Waals surface area contributed by atoms with Gasteiger partial charge >= 0.3 is 6.03 Å². The Bertz CT molecular complexity index is 861. The van der Waals surface area contributed by atoms with Gasteiger partial charge in [-0.3, -0.25) is 19.3 Å². The molecule has 1 aliphatic carbocycles. The van der Waals surface area contributed by atoms with Crippen LogP contribution in [0.3, 0.4) is 0 Å². The number of rotatable bonds is 6. The van der Waals surface area contributed by atoms with Crippen LogP contribution in [-0.4, -0.2) is 47.8 Å². The molecule has 3 rings (SSSR count). The van der Waals surface area contributed by atoms with Crippen molar-refractivity contribution in [1.29, 1.82) is 0 Å². The highest BCUT2D eigenvalue weighted by molar-refractivity contribution is 6.10. The average Bonchev–Trinajstić information content (AvgIpc) is 2.92. The first-order valence-corrected chi connectivity index (χ1v) is 10.2. The second-order valence-corrected chi connectivity index (χ2v) is 7.90. The molecule has 1 aliphatic heterocycles. The number of amides is 5. The van der Waals surface area contributed by atoms with Gasteiger partial charge in [0.15, 0.2) is 0 Å². The third kappa shape index (κ3) is 4.39. The second kappa shape index (κ2) is 8.73. The Labute approximate surface area is 175 Å². The van der Waals surface area contributed by atoms with E-state index in [1.807, 2.05) is 0 Å². The highest BCUT2D eigenvalue weighted by atomic mass is 16.5. The van der Waals surface area contributed by atoms with E-state index >= 15 is 0 Å². The standard InChI is InChI=1S/C21H28N4O5/c1-4-14-7-9-21(10-8-14)19(28)25(20(29)24-21)12-18(27)23-16-11-15(22-13(2)26)5-6-17(16)30-3/h5-6,11,14H,4,7-10,12H2,1-3H3,(H,22,26)(H,23,27)(H,24,29). The largest absolute Gasteiger partial charge is 0.495 e. The molecule has 1 aromatic carbocycles. The van der Waals surface area contributed by atoms with Crippen LogP contribution in [0.5, 0.6) is 5.75 Å². The minimum atomic E-state index is -0.883. The number of methoxy groups -OCH3 is 1. The maximum absolute atomic E-state index is 13.0. The molecule has 2 aliphatic rings. The van der Waals surface area contributed by atoms with E-state index in [0.717, 1.165) is 24.2 Å². The first-order chi connectivity index (χ1) is 14.3. The molecule has 1 saturated carbocycles. The molecule has 1 spiro atoms. The molecular weight excluding hydrogens is 388 g/mol. The fourth-order valence-corrected chi connectivity index (χ4v) is 4.16. The van der Waals surface area contributed by atoms with Crippen molar-refractivity contribution in [3.8, 4) is 5.75 Å². The van der Waals surface area contributed by atoms with Crippen molar-refractivity contribution in [3.05, 3.63) is 18.2 Å². The summed E-state index contributed by atoms with van der Waals surface area (Å²) in [6.45, 7) is 3.12. The molecule has 9 nitrogen and oxygen atoms in total. The van der Waals surface area contributed by atoms with Gasteiger partial charge in [0.25, 0.3) is 5.91 Å². The van der Waals surface area contributed by atoms with Crippen LogP contribution in [0.25, 0.3) is 0 Å². The van der Waals surface area contributed by atoms with Crippen LogP contribution >= 0.6 is 0 Å². The molecule has 2 fully saturated rings. The van der Waals surface area contributed by atoms with Crippen LogP contribution < -0.4 is 20.7 Å². The number of carbonyl (C=O) groups excluding carboxylic acids is 4. The van der Waals surface area contributed by atoms with Gasteiger partial charge in [0.2, 0.25) is 11.8 Å². The van der Waals surface area contributed by atoms with Gasteiger partial charge in [0.05, 0.1) is 12.8 Å². The predicted octanol–water partition coefficient (Wildman–Crippen LogP) is 2.48. The molecule has 1 heterocycles. The third-order valence-corrected chi connectivity index (χ3v) is 5.88. The summed E-state index contributed by atoms with van der Waals surface area (Å²) >= 11 is 0. The van der Waals surface area contributed by atoms with Gasteiger partial charge in [-0.15, -0.1) is 0 Å². The maximum Gasteiger partial charge on any atom is 0.325 e. The molecule has 3 N–H and O–H groups in total. The number of urea groups is 1. The lowest BCUT2D eigenvalue weighted by atomic mass is 9.75. The summed E-state index contributed by atoms with van der Waals surface area (Å²) in [6.07, 6.45) is 4.02. The fraction of sp³-hybridized carbons (Fsp3) is 0.524. The molecule has 162 valence electrons. The van der Waals surface area contributed by atoms with E-state index in [1.165, 1.54) is 14.0 Å². The van der Waals surface area contributed by atoms with Gasteiger partial charge in [-0.05, 0) is 49.8 Å². The number of imide groups is 1. The number of hydrogen-bond acceptors (Lipinski definition) is 5. The predicted molar refractivity (Wildman–Crippen MR) is 111 cm³/mol. The second-order valence-electron chi connectivity index (χ2n) is 7.90. The Kier molecular flexibility index (Phi) is 6.28. The lowest BCUT2D eigenvalue weighted by molar-refractivity contribution is -0.135. The summed E-state index contributed by atoms with van der Waals surface area (Å²) in [5, 5.41) is 8.11. The minimum Gasteiger partial charge on any atom is -0.495 e. The van der Waals surface area contributed by atoms with Gasteiger partial charge in [-0.25, -0.2) is 4.79 Å². The van der Waals surface area contributed by atoms with E-state index in [2.05, 4.69) is 22.9 Å². The van der Waals surface area contributed by atoms with Gasteiger partial charge in [0, 0.05) is 12.6 Å². The third-order valence-electron chi connectivity index (χ3n) is 5.88. The fourth-order valence-electron chi connectivity index (χ4n) is 4.16. The van der Waals surface area contributed by atoms with Gasteiger partial charge in [0.1, 0.15) is 17.8 Å². The number of nitrogens with one attached hydrogen (secondary N) is 3. The highest BCUT2D eigenvalue weighted by Gasteiger charge is 2.52. The van der Waals surface area contributed by atoms with Crippen LogP contribution in [-0.2, 0) is 14.4 Å². The molecular formula is C21H28N4O5. The molecule has 5 amide bonds. The van der Waals surface area contributed by atoms with Crippen LogP contribution in [0, 0.1) is 5.92 Å². The molecule has 0 unspecified atom stereocenters. The van der Waals surface area contributed by atoms with Gasteiger partial charge in [-0.1, -0.05) is 13.3 Å². The van der Waals surface area contributed by atoms with Crippen molar-refractivity contribution in [1.82, 2.24) is 10.2 Å². The van der Waals surface area contributed by atoms with E-state index < -0.39 is 24.0 Å². The monoisotopic (exact) mass is 416 g/mol. The number of hydrogen-bond donors (Lipinski definition) is 3. The van der Waals surface area contributed by atoms with Crippen molar-refractivity contribution in [3.63, 3.8) is 0 Å². The topological polar surface area (TPSA) is 117 Å². The van der Waals surface area contributed by atoms with Gasteiger partial charge < -0.3 is 20.7 Å². The molecule has 0 radical (unpaired) electrons. The Morgan fingerprint density at radius 3 is 2.53 bits per heavy atom. The maximum atomic E-state index is 13.0. The summed E-state index contributed by atoms with van der Waals surface area (Å²) in [6, 6.07) is 4.26. The lowest BCUT2D eigenvalue weighted by Crippen LogP contribution is -2.49. The van der Waals surface area contributed by atoms with Crippen molar-refractivity contribution < 1.29 is 23.9 Å². The average molecular weight is 416 g/mol.